The molecule has 0 radical (unpaired) electrons. The van der Waals surface area contributed by atoms with Crippen molar-refractivity contribution in [2.45, 2.75) is 39.2 Å². The molecule has 148 valence electrons. The van der Waals surface area contributed by atoms with Crippen LogP contribution in [0.15, 0.2) is 42.6 Å². The topological polar surface area (TPSA) is 55.2 Å². The molecule has 1 aliphatic carbocycles. The third-order valence-electron chi connectivity index (χ3n) is 6.36. The maximum absolute atomic E-state index is 13.4. The zero-order valence-corrected chi connectivity index (χ0v) is 16.7. The van der Waals surface area contributed by atoms with E-state index in [-0.39, 0.29) is 24.2 Å². The van der Waals surface area contributed by atoms with Crippen molar-refractivity contribution >= 4 is 22.5 Å². The van der Waals surface area contributed by atoms with Gasteiger partial charge in [0.1, 0.15) is 6.54 Å². The molecule has 2 heterocycles. The number of hydrogen-bond donors (Lipinski definition) is 0. The number of hydrogen-bond acceptors (Lipinski definition) is 3. The Morgan fingerprint density at radius 1 is 1.10 bits per heavy atom. The molecular weight excluding hydrogens is 362 g/mol. The Morgan fingerprint density at radius 3 is 2.72 bits per heavy atom. The molecule has 5 rings (SSSR count). The van der Waals surface area contributed by atoms with Crippen molar-refractivity contribution in [2.24, 2.45) is 5.92 Å². The van der Waals surface area contributed by atoms with Crippen molar-refractivity contribution in [3.05, 3.63) is 65.0 Å². The molecule has 0 bridgehead atoms. The lowest BCUT2D eigenvalue weighted by molar-refractivity contribution is -0.133. The lowest BCUT2D eigenvalue weighted by Crippen LogP contribution is -2.43. The summed E-state index contributed by atoms with van der Waals surface area (Å²) < 4.78 is 1.67. The Kier molecular flexibility index (Phi) is 4.46. The maximum atomic E-state index is 13.4. The molecule has 1 amide bonds. The van der Waals surface area contributed by atoms with Gasteiger partial charge in [0.2, 0.25) is 5.91 Å². The first-order valence-corrected chi connectivity index (χ1v) is 10.5. The Bertz CT molecular complexity index is 1100. The van der Waals surface area contributed by atoms with Crippen LogP contribution in [0.1, 0.15) is 40.0 Å². The molecular formula is C24H25N3O2. The predicted octanol–water partition coefficient (Wildman–Crippen LogP) is 3.56. The van der Waals surface area contributed by atoms with Crippen LogP contribution in [0, 0.1) is 12.8 Å². The van der Waals surface area contributed by atoms with Crippen LogP contribution in [0.25, 0.3) is 10.8 Å². The summed E-state index contributed by atoms with van der Waals surface area (Å²) in [5.74, 6) is 0.0737. The van der Waals surface area contributed by atoms with Gasteiger partial charge in [-0.15, -0.1) is 0 Å². The van der Waals surface area contributed by atoms with Crippen LogP contribution >= 0.6 is 0 Å². The quantitative estimate of drug-likeness (QED) is 0.643. The molecule has 29 heavy (non-hydrogen) atoms. The number of nitrogens with zero attached hydrogens (tertiary/aromatic N) is 3. The number of ketones is 1. The number of amides is 1. The molecule has 0 N–H and O–H groups in total. The highest BCUT2D eigenvalue weighted by molar-refractivity contribution is 6.11. The first-order valence-electron chi connectivity index (χ1n) is 10.5. The Labute approximate surface area is 170 Å². The highest BCUT2D eigenvalue weighted by Gasteiger charge is 2.30. The fourth-order valence-corrected chi connectivity index (χ4v) is 4.89. The minimum atomic E-state index is -0.134. The fraction of sp³-hybridized carbons (Fsp3) is 0.375. The van der Waals surface area contributed by atoms with Crippen molar-refractivity contribution in [1.29, 1.82) is 0 Å². The van der Waals surface area contributed by atoms with Crippen LogP contribution in [0.2, 0.25) is 0 Å². The number of likely N-dealkylation sites (tertiary alicyclic amines) is 1. The Morgan fingerprint density at radius 2 is 1.93 bits per heavy atom. The summed E-state index contributed by atoms with van der Waals surface area (Å²) in [5, 5.41) is 6.66. The number of carbonyl (C=O) groups is 2. The van der Waals surface area contributed by atoms with Gasteiger partial charge in [0, 0.05) is 30.8 Å². The van der Waals surface area contributed by atoms with Gasteiger partial charge in [-0.3, -0.25) is 14.3 Å². The number of rotatable bonds is 4. The lowest BCUT2D eigenvalue weighted by atomic mass is 9.87. The molecule has 0 unspecified atom stereocenters. The molecule has 1 aromatic heterocycles. The van der Waals surface area contributed by atoms with Crippen molar-refractivity contribution < 1.29 is 9.59 Å². The number of carbonyl (C=O) groups excluding carboxylic acids is 2. The highest BCUT2D eigenvalue weighted by atomic mass is 16.2. The minimum Gasteiger partial charge on any atom is -0.340 e. The molecule has 0 spiro atoms. The average Bonchev–Trinajstić information content (AvgIpc) is 3.35. The van der Waals surface area contributed by atoms with Crippen molar-refractivity contribution in [3.63, 3.8) is 0 Å². The molecule has 0 saturated carbocycles. The monoisotopic (exact) mass is 387 g/mol. The van der Waals surface area contributed by atoms with Crippen molar-refractivity contribution in [1.82, 2.24) is 14.7 Å². The molecule has 1 atom stereocenters. The van der Waals surface area contributed by atoms with Gasteiger partial charge in [-0.1, -0.05) is 30.3 Å². The van der Waals surface area contributed by atoms with E-state index >= 15 is 0 Å². The first kappa shape index (κ1) is 18.1. The summed E-state index contributed by atoms with van der Waals surface area (Å²) in [6, 6.07) is 12.3. The largest absolute Gasteiger partial charge is 0.340 e. The molecule has 1 saturated heterocycles. The van der Waals surface area contributed by atoms with Gasteiger partial charge in [0.15, 0.2) is 5.78 Å². The second-order valence-corrected chi connectivity index (χ2v) is 8.31. The molecule has 5 heteroatoms. The summed E-state index contributed by atoms with van der Waals surface area (Å²) in [6.45, 7) is 3.36. The molecule has 1 aliphatic heterocycles. The van der Waals surface area contributed by atoms with Crippen LogP contribution in [0.4, 0.5) is 0 Å². The molecule has 5 nitrogen and oxygen atoms in total. The summed E-state index contributed by atoms with van der Waals surface area (Å²) in [4.78, 5) is 28.0. The normalized spacial score (nSPS) is 18.4. The second kappa shape index (κ2) is 7.14. The average molecular weight is 387 g/mol. The third-order valence-corrected chi connectivity index (χ3v) is 6.36. The molecule has 1 fully saturated rings. The van der Waals surface area contributed by atoms with E-state index in [0.29, 0.717) is 13.1 Å². The van der Waals surface area contributed by atoms with E-state index in [2.05, 4.69) is 29.4 Å². The highest BCUT2D eigenvalue weighted by Crippen LogP contribution is 2.34. The van der Waals surface area contributed by atoms with Gasteiger partial charge in [0.05, 0.1) is 5.69 Å². The summed E-state index contributed by atoms with van der Waals surface area (Å²) in [7, 11) is 0. The Balaban J connectivity index is 1.37. The standard InChI is InChI=1S/C24H25N3O2/c1-16-11-13-27(25-16)15-22(28)26-12-3-5-19(14-26)24(29)21-10-9-18-8-7-17-4-2-6-20(21)23(17)18/h2,4,6,9-11,13,19H,3,5,7-8,12,14-15H2,1H3/t19-/m0/s1. The minimum absolute atomic E-state index is 0.0333. The van der Waals surface area contributed by atoms with Crippen LogP contribution in [0.3, 0.4) is 0 Å². The van der Waals surface area contributed by atoms with Gasteiger partial charge in [-0.25, -0.2) is 0 Å². The zero-order chi connectivity index (χ0) is 20.0. The maximum Gasteiger partial charge on any atom is 0.244 e. The van der Waals surface area contributed by atoms with Crippen LogP contribution < -0.4 is 0 Å². The number of Topliss-reactive ketones (excluding diaryl/α,β-unsaturated/α-hetero) is 1. The Hall–Kier alpha value is -2.95. The number of aromatic nitrogens is 2. The summed E-state index contributed by atoms with van der Waals surface area (Å²) in [5.41, 5.74) is 4.41. The van der Waals surface area contributed by atoms with Crippen LogP contribution in [0.5, 0.6) is 0 Å². The number of benzene rings is 2. The van der Waals surface area contributed by atoms with E-state index in [4.69, 9.17) is 0 Å². The van der Waals surface area contributed by atoms with E-state index in [9.17, 15) is 9.59 Å². The van der Waals surface area contributed by atoms with Crippen LogP contribution in [-0.2, 0) is 24.2 Å². The summed E-state index contributed by atoms with van der Waals surface area (Å²) >= 11 is 0. The van der Waals surface area contributed by atoms with Gasteiger partial charge >= 0.3 is 0 Å². The number of aryl methyl sites for hydroxylation is 3. The SMILES string of the molecule is Cc1ccn(CC(=O)N2CCC[C@H](C(=O)c3ccc4c5c(cccc35)CC4)C2)n1. The van der Waals surface area contributed by atoms with Crippen molar-refractivity contribution in [2.75, 3.05) is 13.1 Å². The van der Waals surface area contributed by atoms with E-state index in [0.717, 1.165) is 42.3 Å². The fourth-order valence-electron chi connectivity index (χ4n) is 4.89. The van der Waals surface area contributed by atoms with Gasteiger partial charge in [-0.05, 0) is 60.6 Å². The van der Waals surface area contributed by atoms with E-state index in [1.807, 2.05) is 30.2 Å². The molecule has 2 aliphatic rings. The smallest absolute Gasteiger partial charge is 0.244 e. The summed E-state index contributed by atoms with van der Waals surface area (Å²) in [6.07, 6.45) is 5.65. The zero-order valence-electron chi connectivity index (χ0n) is 16.7. The van der Waals surface area contributed by atoms with Gasteiger partial charge in [-0.2, -0.15) is 5.10 Å². The van der Waals surface area contributed by atoms with Crippen LogP contribution in [-0.4, -0.2) is 39.5 Å². The second-order valence-electron chi connectivity index (χ2n) is 8.31. The predicted molar refractivity (Wildman–Crippen MR) is 112 cm³/mol. The number of piperidine rings is 1. The van der Waals surface area contributed by atoms with Gasteiger partial charge in [0.25, 0.3) is 0 Å². The van der Waals surface area contributed by atoms with Crippen molar-refractivity contribution in [3.8, 4) is 0 Å². The van der Waals surface area contributed by atoms with E-state index < -0.39 is 0 Å². The van der Waals surface area contributed by atoms with E-state index in [1.165, 1.54) is 16.5 Å². The molecule has 2 aromatic carbocycles. The lowest BCUT2D eigenvalue weighted by Gasteiger charge is -2.32. The van der Waals surface area contributed by atoms with Gasteiger partial charge < -0.3 is 4.90 Å². The first-order chi connectivity index (χ1) is 14.1. The third kappa shape index (κ3) is 3.24. The molecule has 3 aromatic rings. The van der Waals surface area contributed by atoms with E-state index in [1.54, 1.807) is 4.68 Å².